The molecule has 3 aromatic rings. The monoisotopic (exact) mass is 276 g/mol. The van der Waals surface area contributed by atoms with E-state index < -0.39 is 0 Å². The lowest BCUT2D eigenvalue weighted by Crippen LogP contribution is -1.93. The first kappa shape index (κ1) is 11.5. The summed E-state index contributed by atoms with van der Waals surface area (Å²) in [6.07, 6.45) is 3.65. The Morgan fingerprint density at radius 1 is 1.22 bits per heavy atom. The van der Waals surface area contributed by atoms with Crippen molar-refractivity contribution >= 4 is 34.3 Å². The molecule has 0 atom stereocenters. The number of aromatic nitrogens is 4. The van der Waals surface area contributed by atoms with Crippen LogP contribution in [0.2, 0.25) is 5.28 Å². The maximum atomic E-state index is 5.94. The van der Waals surface area contributed by atoms with E-state index in [-0.39, 0.29) is 5.28 Å². The van der Waals surface area contributed by atoms with Gasteiger partial charge >= 0.3 is 0 Å². The van der Waals surface area contributed by atoms with Crippen molar-refractivity contribution in [3.8, 4) is 0 Å². The largest absolute Gasteiger partial charge is 0.329 e. The Morgan fingerprint density at radius 2 is 2.06 bits per heavy atom. The van der Waals surface area contributed by atoms with Gasteiger partial charge < -0.3 is 4.57 Å². The Labute approximate surface area is 113 Å². The molecule has 0 radical (unpaired) electrons. The second-order valence-electron chi connectivity index (χ2n) is 3.74. The highest BCUT2D eigenvalue weighted by Crippen LogP contribution is 2.30. The fourth-order valence-corrected chi connectivity index (χ4v) is 2.77. The first-order chi connectivity index (χ1) is 8.74. The zero-order valence-electron chi connectivity index (χ0n) is 9.54. The molecule has 4 nitrogen and oxygen atoms in total. The predicted molar refractivity (Wildman–Crippen MR) is 71.9 cm³/mol. The van der Waals surface area contributed by atoms with E-state index in [1.807, 2.05) is 42.1 Å². The van der Waals surface area contributed by atoms with E-state index in [1.165, 1.54) is 11.8 Å². The van der Waals surface area contributed by atoms with E-state index >= 15 is 0 Å². The normalized spacial score (nSPS) is 11.0. The van der Waals surface area contributed by atoms with E-state index in [1.54, 1.807) is 6.20 Å². The van der Waals surface area contributed by atoms with E-state index in [9.17, 15) is 0 Å². The van der Waals surface area contributed by atoms with Crippen molar-refractivity contribution in [2.75, 3.05) is 0 Å². The van der Waals surface area contributed by atoms with E-state index in [2.05, 4.69) is 15.0 Å². The predicted octanol–water partition coefficient (Wildman–Crippen LogP) is 3.17. The van der Waals surface area contributed by atoms with Gasteiger partial charge in [0.25, 0.3) is 0 Å². The van der Waals surface area contributed by atoms with Crippen LogP contribution in [-0.2, 0) is 7.05 Å². The molecule has 0 saturated heterocycles. The van der Waals surface area contributed by atoms with Crippen LogP contribution < -0.4 is 0 Å². The molecule has 0 aliphatic rings. The first-order valence-corrected chi connectivity index (χ1v) is 6.51. The summed E-state index contributed by atoms with van der Waals surface area (Å²) in [6.45, 7) is 0. The molecule has 0 bridgehead atoms. The minimum absolute atomic E-state index is 0.255. The van der Waals surface area contributed by atoms with Gasteiger partial charge in [-0.15, -0.1) is 0 Å². The topological polar surface area (TPSA) is 43.6 Å². The summed E-state index contributed by atoms with van der Waals surface area (Å²) < 4.78 is 1.94. The number of para-hydroxylation sites is 1. The highest BCUT2D eigenvalue weighted by atomic mass is 35.5. The lowest BCUT2D eigenvalue weighted by Gasteiger charge is -2.05. The number of fused-ring (bicyclic) bond motifs is 1. The molecule has 0 saturated carbocycles. The second kappa shape index (κ2) is 4.59. The Kier molecular flexibility index (Phi) is 2.93. The quantitative estimate of drug-likeness (QED) is 0.533. The molecule has 0 aliphatic carbocycles. The summed E-state index contributed by atoms with van der Waals surface area (Å²) in [4.78, 5) is 12.8. The van der Waals surface area contributed by atoms with Gasteiger partial charge in [0.1, 0.15) is 5.03 Å². The van der Waals surface area contributed by atoms with Gasteiger partial charge in [-0.2, -0.15) is 0 Å². The molecule has 2 heterocycles. The Morgan fingerprint density at radius 3 is 2.83 bits per heavy atom. The van der Waals surface area contributed by atoms with Crippen LogP contribution in [0.4, 0.5) is 0 Å². The second-order valence-corrected chi connectivity index (χ2v) is 5.03. The number of aryl methyl sites for hydroxylation is 1. The van der Waals surface area contributed by atoms with Crippen LogP contribution in [0.5, 0.6) is 0 Å². The third-order valence-electron chi connectivity index (χ3n) is 2.51. The summed E-state index contributed by atoms with van der Waals surface area (Å²) in [7, 11) is 1.94. The van der Waals surface area contributed by atoms with E-state index in [4.69, 9.17) is 11.6 Å². The molecule has 0 aliphatic heterocycles. The van der Waals surface area contributed by atoms with Crippen LogP contribution in [0.15, 0.2) is 46.8 Å². The third-order valence-corrected chi connectivity index (χ3v) is 3.76. The molecule has 6 heteroatoms. The van der Waals surface area contributed by atoms with E-state index in [0.29, 0.717) is 0 Å². The zero-order valence-corrected chi connectivity index (χ0v) is 11.1. The number of halogens is 1. The smallest absolute Gasteiger partial charge is 0.224 e. The SMILES string of the molecule is Cn1ccnc1Sc1nc(Cl)nc2ccccc12. The van der Waals surface area contributed by atoms with Crippen molar-refractivity contribution in [3.05, 3.63) is 41.9 Å². The summed E-state index contributed by atoms with van der Waals surface area (Å²) in [5.41, 5.74) is 0.842. The zero-order chi connectivity index (χ0) is 12.5. The van der Waals surface area contributed by atoms with Crippen molar-refractivity contribution in [2.24, 2.45) is 7.05 Å². The van der Waals surface area contributed by atoms with Crippen LogP contribution in [-0.4, -0.2) is 19.5 Å². The molecule has 2 aromatic heterocycles. The minimum Gasteiger partial charge on any atom is -0.329 e. The number of hydrogen-bond donors (Lipinski definition) is 0. The Balaban J connectivity index is 2.14. The molecule has 18 heavy (non-hydrogen) atoms. The average molecular weight is 277 g/mol. The Hall–Kier alpha value is -1.59. The molecule has 0 N–H and O–H groups in total. The molecule has 0 amide bonds. The summed E-state index contributed by atoms with van der Waals surface area (Å²) in [6, 6.07) is 7.80. The van der Waals surface area contributed by atoms with Gasteiger partial charge in [0.2, 0.25) is 5.28 Å². The highest BCUT2D eigenvalue weighted by molar-refractivity contribution is 7.99. The average Bonchev–Trinajstić information content (AvgIpc) is 2.75. The number of imidazole rings is 1. The maximum absolute atomic E-state index is 5.94. The van der Waals surface area contributed by atoms with Crippen LogP contribution in [0.1, 0.15) is 0 Å². The summed E-state index contributed by atoms with van der Waals surface area (Å²) in [5, 5.41) is 2.93. The molecule has 1 aromatic carbocycles. The summed E-state index contributed by atoms with van der Waals surface area (Å²) in [5.74, 6) is 0. The minimum atomic E-state index is 0.255. The van der Waals surface area contributed by atoms with Gasteiger partial charge in [0.15, 0.2) is 5.16 Å². The maximum Gasteiger partial charge on any atom is 0.224 e. The van der Waals surface area contributed by atoms with Gasteiger partial charge in [-0.05, 0) is 29.4 Å². The standard InChI is InChI=1S/C12H9ClN4S/c1-17-7-6-14-12(17)18-10-8-4-2-3-5-9(8)15-11(13)16-10/h2-7H,1H3. The van der Waals surface area contributed by atoms with Gasteiger partial charge in [-0.3, -0.25) is 0 Å². The number of hydrogen-bond acceptors (Lipinski definition) is 4. The van der Waals surface area contributed by atoms with Crippen molar-refractivity contribution in [1.29, 1.82) is 0 Å². The van der Waals surface area contributed by atoms with Crippen molar-refractivity contribution in [1.82, 2.24) is 19.5 Å². The number of benzene rings is 1. The lowest BCUT2D eigenvalue weighted by atomic mass is 10.2. The fraction of sp³-hybridized carbons (Fsp3) is 0.0833. The lowest BCUT2D eigenvalue weighted by molar-refractivity contribution is 0.789. The molecule has 0 spiro atoms. The van der Waals surface area contributed by atoms with Crippen LogP contribution >= 0.6 is 23.4 Å². The van der Waals surface area contributed by atoms with Crippen LogP contribution in [0.3, 0.4) is 0 Å². The molecule has 3 rings (SSSR count). The van der Waals surface area contributed by atoms with Crippen molar-refractivity contribution < 1.29 is 0 Å². The molecule has 90 valence electrons. The summed E-state index contributed by atoms with van der Waals surface area (Å²) >= 11 is 7.42. The molecule has 0 fully saturated rings. The third kappa shape index (κ3) is 2.07. The van der Waals surface area contributed by atoms with Crippen LogP contribution in [0, 0.1) is 0 Å². The van der Waals surface area contributed by atoms with Crippen molar-refractivity contribution in [3.63, 3.8) is 0 Å². The van der Waals surface area contributed by atoms with Gasteiger partial charge in [-0.25, -0.2) is 15.0 Å². The van der Waals surface area contributed by atoms with Gasteiger partial charge in [-0.1, -0.05) is 18.2 Å². The Bertz CT molecular complexity index is 710. The first-order valence-electron chi connectivity index (χ1n) is 5.31. The van der Waals surface area contributed by atoms with E-state index in [0.717, 1.165) is 21.1 Å². The van der Waals surface area contributed by atoms with Crippen molar-refractivity contribution in [2.45, 2.75) is 10.2 Å². The number of nitrogens with zero attached hydrogens (tertiary/aromatic N) is 4. The van der Waals surface area contributed by atoms with Gasteiger partial charge in [0, 0.05) is 24.8 Å². The highest BCUT2D eigenvalue weighted by Gasteiger charge is 2.10. The molecule has 0 unspecified atom stereocenters. The van der Waals surface area contributed by atoms with Crippen LogP contribution in [0.25, 0.3) is 10.9 Å². The molecular weight excluding hydrogens is 268 g/mol. The fourth-order valence-electron chi connectivity index (χ4n) is 1.63. The number of rotatable bonds is 2. The molecular formula is C12H9ClN4S. The van der Waals surface area contributed by atoms with Gasteiger partial charge in [0.05, 0.1) is 5.52 Å².